The van der Waals surface area contributed by atoms with E-state index in [4.69, 9.17) is 0 Å². The first kappa shape index (κ1) is 12.6. The molecule has 0 fully saturated rings. The molecule has 0 saturated heterocycles. The van der Waals surface area contributed by atoms with Crippen LogP contribution in [0.15, 0.2) is 36.4 Å². The normalized spacial score (nSPS) is 16.1. The summed E-state index contributed by atoms with van der Waals surface area (Å²) in [4.78, 5) is 4.66. The minimum absolute atomic E-state index is 1.13. The Kier molecular flexibility index (Phi) is 2.81. The second-order valence-electron chi connectivity index (χ2n) is 6.16. The van der Waals surface area contributed by atoms with Gasteiger partial charge in [0.1, 0.15) is 0 Å². The Bertz CT molecular complexity index is 633. The maximum absolute atomic E-state index is 3.55. The van der Waals surface area contributed by atoms with Crippen LogP contribution in [-0.4, -0.2) is 27.2 Å². The average molecular weight is 279 g/mol. The zero-order chi connectivity index (χ0) is 14.4. The highest BCUT2D eigenvalue weighted by molar-refractivity contribution is 5.72. The molecule has 1 N–H and O–H groups in total. The van der Waals surface area contributed by atoms with E-state index in [9.17, 15) is 0 Å². The Hall–Kier alpha value is -2.16. The smallest absolute Gasteiger partial charge is 0.0417 e. The minimum atomic E-state index is 1.13. The second kappa shape index (κ2) is 4.69. The fourth-order valence-corrected chi connectivity index (χ4v) is 3.40. The standard InChI is InChI=1S/C18H21N3/c1-20-9-7-13-3-5-15(11-17(13)20)19-16-6-4-14-8-10-21(2)18(14)12-16/h3-6,11-12,19H,7-10H2,1-2H3. The molecule has 2 aromatic rings. The van der Waals surface area contributed by atoms with Crippen LogP contribution in [0.4, 0.5) is 22.7 Å². The number of benzene rings is 2. The lowest BCUT2D eigenvalue weighted by molar-refractivity contribution is 0.956. The molecule has 3 heteroatoms. The second-order valence-corrected chi connectivity index (χ2v) is 6.16. The van der Waals surface area contributed by atoms with Crippen LogP contribution in [0.25, 0.3) is 0 Å². The van der Waals surface area contributed by atoms with Gasteiger partial charge in [0.05, 0.1) is 0 Å². The molecule has 0 bridgehead atoms. The van der Waals surface area contributed by atoms with Crippen LogP contribution in [0, 0.1) is 0 Å². The highest BCUT2D eigenvalue weighted by Crippen LogP contribution is 2.33. The van der Waals surface area contributed by atoms with E-state index in [1.54, 1.807) is 0 Å². The van der Waals surface area contributed by atoms with Crippen molar-refractivity contribution in [2.24, 2.45) is 0 Å². The fraction of sp³-hybridized carbons (Fsp3) is 0.333. The van der Waals surface area contributed by atoms with Gasteiger partial charge < -0.3 is 15.1 Å². The van der Waals surface area contributed by atoms with E-state index < -0.39 is 0 Å². The lowest BCUT2D eigenvalue weighted by Crippen LogP contribution is -2.12. The van der Waals surface area contributed by atoms with Gasteiger partial charge in [-0.2, -0.15) is 0 Å². The van der Waals surface area contributed by atoms with E-state index in [0.717, 1.165) is 25.9 Å². The number of nitrogens with one attached hydrogen (secondary N) is 1. The number of hydrogen-bond donors (Lipinski definition) is 1. The van der Waals surface area contributed by atoms with E-state index in [-0.39, 0.29) is 0 Å². The van der Waals surface area contributed by atoms with E-state index in [1.807, 2.05) is 0 Å². The lowest BCUT2D eigenvalue weighted by Gasteiger charge is -2.16. The Morgan fingerprint density at radius 3 is 1.71 bits per heavy atom. The van der Waals surface area contributed by atoms with Crippen molar-refractivity contribution < 1.29 is 0 Å². The van der Waals surface area contributed by atoms with E-state index in [1.165, 1.54) is 33.9 Å². The zero-order valence-electron chi connectivity index (χ0n) is 12.7. The zero-order valence-corrected chi connectivity index (χ0v) is 12.7. The molecule has 0 saturated carbocycles. The summed E-state index contributed by atoms with van der Waals surface area (Å²) in [7, 11) is 4.33. The summed E-state index contributed by atoms with van der Waals surface area (Å²) in [5.74, 6) is 0. The molecule has 4 rings (SSSR count). The van der Waals surface area contributed by atoms with Crippen LogP contribution in [0.1, 0.15) is 11.1 Å². The molecule has 21 heavy (non-hydrogen) atoms. The molecular formula is C18H21N3. The third kappa shape index (κ3) is 2.13. The number of anilines is 4. The van der Waals surface area contributed by atoms with E-state index in [2.05, 4.69) is 65.6 Å². The summed E-state index contributed by atoms with van der Waals surface area (Å²) in [6.45, 7) is 2.25. The molecule has 0 aliphatic carbocycles. The van der Waals surface area contributed by atoms with Crippen LogP contribution < -0.4 is 15.1 Å². The summed E-state index contributed by atoms with van der Waals surface area (Å²) >= 11 is 0. The number of rotatable bonds is 2. The Balaban J connectivity index is 1.62. The maximum Gasteiger partial charge on any atom is 0.0417 e. The molecule has 2 heterocycles. The number of fused-ring (bicyclic) bond motifs is 2. The first-order valence-electron chi connectivity index (χ1n) is 7.66. The molecule has 2 aliphatic heterocycles. The third-order valence-electron chi connectivity index (χ3n) is 4.71. The molecule has 0 amide bonds. The number of likely N-dealkylation sites (N-methyl/N-ethyl adjacent to an activating group) is 2. The Labute approximate surface area is 126 Å². The van der Waals surface area contributed by atoms with Gasteiger partial charge in [-0.3, -0.25) is 0 Å². The third-order valence-corrected chi connectivity index (χ3v) is 4.71. The molecule has 2 aromatic carbocycles. The summed E-state index contributed by atoms with van der Waals surface area (Å²) < 4.78 is 0. The molecular weight excluding hydrogens is 258 g/mol. The van der Waals surface area contributed by atoms with Crippen LogP contribution in [0.3, 0.4) is 0 Å². The molecule has 0 radical (unpaired) electrons. The Morgan fingerprint density at radius 1 is 0.762 bits per heavy atom. The van der Waals surface area contributed by atoms with E-state index >= 15 is 0 Å². The molecule has 0 spiro atoms. The van der Waals surface area contributed by atoms with Crippen molar-refractivity contribution in [1.82, 2.24) is 0 Å². The van der Waals surface area contributed by atoms with Gasteiger partial charge in [0.25, 0.3) is 0 Å². The lowest BCUT2D eigenvalue weighted by atomic mass is 10.1. The van der Waals surface area contributed by atoms with Crippen LogP contribution >= 0.6 is 0 Å². The largest absolute Gasteiger partial charge is 0.374 e. The van der Waals surface area contributed by atoms with Gasteiger partial charge in [-0.05, 0) is 48.2 Å². The van der Waals surface area contributed by atoms with Crippen molar-refractivity contribution >= 4 is 22.7 Å². The summed E-state index contributed by atoms with van der Waals surface area (Å²) in [5.41, 5.74) is 7.97. The molecule has 0 atom stereocenters. The molecule has 108 valence electrons. The summed E-state index contributed by atoms with van der Waals surface area (Å²) in [5, 5.41) is 3.55. The topological polar surface area (TPSA) is 18.5 Å². The highest BCUT2D eigenvalue weighted by atomic mass is 15.1. The van der Waals surface area contributed by atoms with Crippen molar-refractivity contribution in [3.63, 3.8) is 0 Å². The minimum Gasteiger partial charge on any atom is -0.374 e. The van der Waals surface area contributed by atoms with Crippen molar-refractivity contribution in [1.29, 1.82) is 0 Å². The van der Waals surface area contributed by atoms with Crippen molar-refractivity contribution in [3.05, 3.63) is 47.5 Å². The Morgan fingerprint density at radius 2 is 1.24 bits per heavy atom. The van der Waals surface area contributed by atoms with Gasteiger partial charge in [0.2, 0.25) is 0 Å². The van der Waals surface area contributed by atoms with Crippen LogP contribution in [0.5, 0.6) is 0 Å². The number of nitrogens with zero attached hydrogens (tertiary/aromatic N) is 2. The van der Waals surface area contributed by atoms with Gasteiger partial charge in [0.15, 0.2) is 0 Å². The van der Waals surface area contributed by atoms with Gasteiger partial charge in [-0.1, -0.05) is 12.1 Å². The molecule has 0 aromatic heterocycles. The quantitative estimate of drug-likeness (QED) is 0.909. The molecule has 2 aliphatic rings. The van der Waals surface area contributed by atoms with Crippen molar-refractivity contribution in [3.8, 4) is 0 Å². The predicted molar refractivity (Wildman–Crippen MR) is 90.1 cm³/mol. The van der Waals surface area contributed by atoms with Gasteiger partial charge >= 0.3 is 0 Å². The average Bonchev–Trinajstić information content (AvgIpc) is 3.04. The summed E-state index contributed by atoms with van der Waals surface area (Å²) in [6, 6.07) is 13.4. The van der Waals surface area contributed by atoms with E-state index in [0.29, 0.717) is 0 Å². The van der Waals surface area contributed by atoms with Gasteiger partial charge in [-0.15, -0.1) is 0 Å². The van der Waals surface area contributed by atoms with Crippen molar-refractivity contribution in [2.45, 2.75) is 12.8 Å². The summed E-state index contributed by atoms with van der Waals surface area (Å²) in [6.07, 6.45) is 2.32. The fourth-order valence-electron chi connectivity index (χ4n) is 3.40. The van der Waals surface area contributed by atoms with Crippen molar-refractivity contribution in [2.75, 3.05) is 42.3 Å². The monoisotopic (exact) mass is 279 g/mol. The predicted octanol–water partition coefficient (Wildman–Crippen LogP) is 3.41. The maximum atomic E-state index is 3.55. The number of hydrogen-bond acceptors (Lipinski definition) is 3. The van der Waals surface area contributed by atoms with Gasteiger partial charge in [0, 0.05) is 49.9 Å². The van der Waals surface area contributed by atoms with Crippen LogP contribution in [0.2, 0.25) is 0 Å². The first-order chi connectivity index (χ1) is 10.2. The molecule has 3 nitrogen and oxygen atoms in total. The van der Waals surface area contributed by atoms with Gasteiger partial charge in [-0.25, -0.2) is 0 Å². The first-order valence-corrected chi connectivity index (χ1v) is 7.66. The molecule has 0 unspecified atom stereocenters. The SMILES string of the molecule is CN1CCc2ccc(Nc3ccc4c(c3)N(C)CC4)cc21. The van der Waals surface area contributed by atoms with Crippen LogP contribution in [-0.2, 0) is 12.8 Å². The highest BCUT2D eigenvalue weighted by Gasteiger charge is 2.17.